The zero-order valence-electron chi connectivity index (χ0n) is 20.6. The highest BCUT2D eigenvalue weighted by molar-refractivity contribution is 5.84. The van der Waals surface area contributed by atoms with Crippen molar-refractivity contribution in [2.45, 2.75) is 66.3 Å². The molecule has 1 fully saturated rings. The topological polar surface area (TPSA) is 43.2 Å². The molecular formula is C27H38N4O. The van der Waals surface area contributed by atoms with Gasteiger partial charge in [0.2, 0.25) is 0 Å². The highest BCUT2D eigenvalue weighted by Gasteiger charge is 2.21. The molecule has 0 bridgehead atoms. The Hall–Kier alpha value is -2.24. The summed E-state index contributed by atoms with van der Waals surface area (Å²) in [6.07, 6.45) is 4.31. The largest absolute Gasteiger partial charge is 0.379 e. The van der Waals surface area contributed by atoms with Gasteiger partial charge in [0.05, 0.1) is 29.9 Å². The normalized spacial score (nSPS) is 16.2. The molecule has 5 nitrogen and oxygen atoms in total. The van der Waals surface area contributed by atoms with Gasteiger partial charge in [0.1, 0.15) is 0 Å². The van der Waals surface area contributed by atoms with E-state index < -0.39 is 0 Å². The maximum Gasteiger partial charge on any atom is 0.0917 e. The third-order valence-electron chi connectivity index (χ3n) is 6.79. The van der Waals surface area contributed by atoms with Crippen LogP contribution in [0.2, 0.25) is 0 Å². The second-order valence-corrected chi connectivity index (χ2v) is 9.45. The molecule has 0 saturated carbocycles. The molecular weight excluding hydrogens is 396 g/mol. The minimum atomic E-state index is 0.430. The number of fused-ring (bicyclic) bond motifs is 1. The minimum absolute atomic E-state index is 0.430. The van der Waals surface area contributed by atoms with Gasteiger partial charge in [0, 0.05) is 48.8 Å². The summed E-state index contributed by atoms with van der Waals surface area (Å²) in [5.41, 5.74) is 9.35. The van der Waals surface area contributed by atoms with Crippen LogP contribution < -0.4 is 0 Å². The maximum absolute atomic E-state index is 5.54. The van der Waals surface area contributed by atoms with Crippen molar-refractivity contribution in [3.05, 3.63) is 46.9 Å². The number of pyridine rings is 2. The highest BCUT2D eigenvalue weighted by Crippen LogP contribution is 2.32. The molecule has 0 radical (unpaired) electrons. The van der Waals surface area contributed by atoms with Gasteiger partial charge in [-0.25, -0.2) is 4.98 Å². The molecule has 4 heterocycles. The molecule has 0 spiro atoms. The van der Waals surface area contributed by atoms with E-state index >= 15 is 0 Å². The Labute approximate surface area is 192 Å². The number of rotatable bonds is 7. The van der Waals surface area contributed by atoms with Gasteiger partial charge < -0.3 is 9.30 Å². The first-order valence-electron chi connectivity index (χ1n) is 12.2. The van der Waals surface area contributed by atoms with E-state index in [1.54, 1.807) is 0 Å². The lowest BCUT2D eigenvalue weighted by Gasteiger charge is -2.31. The lowest BCUT2D eigenvalue weighted by Crippen LogP contribution is -2.39. The molecule has 1 saturated heterocycles. The maximum atomic E-state index is 5.54. The number of hydrogen-bond acceptors (Lipinski definition) is 4. The van der Waals surface area contributed by atoms with Crippen molar-refractivity contribution >= 4 is 11.0 Å². The lowest BCUT2D eigenvalue weighted by molar-refractivity contribution is 0.0315. The molecule has 0 N–H and O–H groups in total. The Morgan fingerprint density at radius 1 is 1.03 bits per heavy atom. The average molecular weight is 435 g/mol. The van der Waals surface area contributed by atoms with Crippen molar-refractivity contribution in [1.29, 1.82) is 0 Å². The number of aromatic nitrogens is 3. The molecule has 0 aromatic carbocycles. The molecule has 172 valence electrons. The summed E-state index contributed by atoms with van der Waals surface area (Å²) < 4.78 is 8.00. The molecule has 1 aliphatic heterocycles. The van der Waals surface area contributed by atoms with Gasteiger partial charge in [-0.15, -0.1) is 0 Å². The van der Waals surface area contributed by atoms with Crippen molar-refractivity contribution in [2.24, 2.45) is 0 Å². The highest BCUT2D eigenvalue weighted by atomic mass is 16.5. The van der Waals surface area contributed by atoms with Crippen molar-refractivity contribution in [3.63, 3.8) is 0 Å². The van der Waals surface area contributed by atoms with Crippen LogP contribution in [0, 0.1) is 13.8 Å². The minimum Gasteiger partial charge on any atom is -0.379 e. The summed E-state index contributed by atoms with van der Waals surface area (Å²) in [6, 6.07) is 7.16. The molecule has 5 heteroatoms. The summed E-state index contributed by atoms with van der Waals surface area (Å²) >= 11 is 0. The number of nitrogens with zero attached hydrogens (tertiary/aromatic N) is 4. The lowest BCUT2D eigenvalue weighted by atomic mass is 10.0. The fourth-order valence-corrected chi connectivity index (χ4v) is 4.82. The zero-order chi connectivity index (χ0) is 22.8. The van der Waals surface area contributed by atoms with Crippen LogP contribution in [0.1, 0.15) is 68.6 Å². The summed E-state index contributed by atoms with van der Waals surface area (Å²) in [7, 11) is 0. The van der Waals surface area contributed by atoms with Crippen molar-refractivity contribution in [2.75, 3.05) is 32.8 Å². The summed E-state index contributed by atoms with van der Waals surface area (Å²) in [6.45, 7) is 18.0. The number of ether oxygens (including phenoxy) is 1. The average Bonchev–Trinajstić information content (AvgIpc) is 3.12. The van der Waals surface area contributed by atoms with Crippen LogP contribution in [0.3, 0.4) is 0 Å². The van der Waals surface area contributed by atoms with E-state index in [9.17, 15) is 0 Å². The van der Waals surface area contributed by atoms with Gasteiger partial charge in [0.15, 0.2) is 0 Å². The Morgan fingerprint density at radius 3 is 2.44 bits per heavy atom. The fraction of sp³-hybridized carbons (Fsp3) is 0.556. The van der Waals surface area contributed by atoms with Gasteiger partial charge in [-0.2, -0.15) is 0 Å². The number of aryl methyl sites for hydroxylation is 3. The molecule has 3 aromatic rings. The van der Waals surface area contributed by atoms with Crippen LogP contribution in [0.25, 0.3) is 22.3 Å². The van der Waals surface area contributed by atoms with Gasteiger partial charge in [0.25, 0.3) is 0 Å². The third-order valence-corrected chi connectivity index (χ3v) is 6.79. The smallest absolute Gasteiger partial charge is 0.0917 e. The first kappa shape index (κ1) is 22.9. The van der Waals surface area contributed by atoms with Crippen LogP contribution in [-0.2, 0) is 11.2 Å². The fourth-order valence-electron chi connectivity index (χ4n) is 4.82. The SMILES string of the molecule is CCc1nc(C(C)C)ccc1-c1nc2c(C)cn([C@H](CC)CN3CCOCC3)c2cc1C. The van der Waals surface area contributed by atoms with Gasteiger partial charge in [-0.05, 0) is 61.9 Å². The number of morpholine rings is 1. The number of hydrogen-bond donors (Lipinski definition) is 0. The quantitative estimate of drug-likeness (QED) is 0.479. The van der Waals surface area contributed by atoms with Crippen LogP contribution in [0.4, 0.5) is 0 Å². The van der Waals surface area contributed by atoms with Gasteiger partial charge in [-0.3, -0.25) is 9.88 Å². The van der Waals surface area contributed by atoms with Crippen molar-refractivity contribution in [3.8, 4) is 11.3 Å². The molecule has 0 amide bonds. The predicted molar refractivity (Wildman–Crippen MR) is 132 cm³/mol. The Balaban J connectivity index is 1.74. The van der Waals surface area contributed by atoms with E-state index in [-0.39, 0.29) is 0 Å². The Bertz CT molecular complexity index is 1080. The summed E-state index contributed by atoms with van der Waals surface area (Å²) in [5, 5.41) is 0. The zero-order valence-corrected chi connectivity index (χ0v) is 20.6. The van der Waals surface area contributed by atoms with E-state index in [1.807, 2.05) is 0 Å². The molecule has 32 heavy (non-hydrogen) atoms. The molecule has 1 aliphatic rings. The first-order chi connectivity index (χ1) is 15.4. The molecule has 0 aliphatic carbocycles. The van der Waals surface area contributed by atoms with E-state index in [2.05, 4.69) is 75.4 Å². The van der Waals surface area contributed by atoms with Crippen molar-refractivity contribution in [1.82, 2.24) is 19.4 Å². The summed E-state index contributed by atoms with van der Waals surface area (Å²) in [4.78, 5) is 12.7. The predicted octanol–water partition coefficient (Wildman–Crippen LogP) is 5.68. The first-order valence-corrected chi connectivity index (χ1v) is 12.2. The second-order valence-electron chi connectivity index (χ2n) is 9.45. The van der Waals surface area contributed by atoms with Crippen LogP contribution in [-0.4, -0.2) is 52.3 Å². The summed E-state index contributed by atoms with van der Waals surface area (Å²) in [5.74, 6) is 0.430. The van der Waals surface area contributed by atoms with Gasteiger partial charge >= 0.3 is 0 Å². The molecule has 3 aromatic heterocycles. The van der Waals surface area contributed by atoms with Crippen LogP contribution in [0.15, 0.2) is 24.4 Å². The van der Waals surface area contributed by atoms with E-state index in [0.29, 0.717) is 12.0 Å². The van der Waals surface area contributed by atoms with Crippen LogP contribution >= 0.6 is 0 Å². The Kier molecular flexibility index (Phi) is 6.96. The van der Waals surface area contributed by atoms with Crippen LogP contribution in [0.5, 0.6) is 0 Å². The molecule has 0 unspecified atom stereocenters. The molecule has 1 atom stereocenters. The van der Waals surface area contributed by atoms with E-state index in [0.717, 1.165) is 68.3 Å². The van der Waals surface area contributed by atoms with Gasteiger partial charge in [-0.1, -0.05) is 27.7 Å². The second kappa shape index (κ2) is 9.72. The monoisotopic (exact) mass is 434 g/mol. The van der Waals surface area contributed by atoms with E-state index in [1.165, 1.54) is 22.2 Å². The van der Waals surface area contributed by atoms with Crippen molar-refractivity contribution < 1.29 is 4.74 Å². The Morgan fingerprint density at radius 2 is 1.78 bits per heavy atom. The standard InChI is InChI=1S/C27H38N4O/c1-7-21(17-30-11-13-32-14-12-30)31-16-20(6)27-25(31)15-19(5)26(29-27)22-9-10-24(18(3)4)28-23(22)8-2/h9-10,15-16,18,21H,7-8,11-14,17H2,1-6H3/t21-/m1/s1. The molecule has 4 rings (SSSR count). The van der Waals surface area contributed by atoms with E-state index in [4.69, 9.17) is 14.7 Å². The third kappa shape index (κ3) is 4.46.